The Balaban J connectivity index is 1.83. The van der Waals surface area contributed by atoms with Crippen LogP contribution in [0.2, 0.25) is 0 Å². The van der Waals surface area contributed by atoms with Gasteiger partial charge in [-0.2, -0.15) is 13.2 Å². The summed E-state index contributed by atoms with van der Waals surface area (Å²) in [5.74, 6) is -2.70. The maximum atomic E-state index is 14.3. The van der Waals surface area contributed by atoms with Crippen LogP contribution < -0.4 is 0 Å². The van der Waals surface area contributed by atoms with Gasteiger partial charge in [-0.15, -0.1) is 0 Å². The van der Waals surface area contributed by atoms with Gasteiger partial charge in [0.2, 0.25) is 0 Å². The highest BCUT2D eigenvalue weighted by atomic mass is 32.2. The summed E-state index contributed by atoms with van der Waals surface area (Å²) in [7, 11) is 0. The van der Waals surface area contributed by atoms with E-state index >= 15 is 0 Å². The number of hydrogen-bond acceptors (Lipinski definition) is 5. The number of unbranched alkanes of at least 4 members (excludes halogenated alkanes) is 2. The molecule has 2 aromatic carbocycles. The molecule has 1 saturated heterocycles. The summed E-state index contributed by atoms with van der Waals surface area (Å²) in [6.45, 7) is 0.309. The first-order valence-electron chi connectivity index (χ1n) is 10.2. The number of amides is 1. The van der Waals surface area contributed by atoms with Gasteiger partial charge in [-0.1, -0.05) is 48.6 Å². The zero-order chi connectivity index (χ0) is 25.0. The van der Waals surface area contributed by atoms with Crippen molar-refractivity contribution in [2.45, 2.75) is 31.9 Å². The number of alkyl halides is 3. The van der Waals surface area contributed by atoms with Gasteiger partial charge in [0.15, 0.2) is 0 Å². The molecule has 0 unspecified atom stereocenters. The molecular weight excluding hydrogens is 494 g/mol. The van der Waals surface area contributed by atoms with Crippen molar-refractivity contribution in [2.24, 2.45) is 0 Å². The van der Waals surface area contributed by atoms with E-state index in [9.17, 15) is 32.3 Å². The number of carboxylic acid groups (broad SMARTS) is 1. The van der Waals surface area contributed by atoms with Crippen LogP contribution in [-0.4, -0.2) is 37.9 Å². The highest BCUT2D eigenvalue weighted by Crippen LogP contribution is 2.40. The van der Waals surface area contributed by atoms with Gasteiger partial charge in [0, 0.05) is 29.7 Å². The molecule has 11 heteroatoms. The Kier molecular flexibility index (Phi) is 7.98. The third-order valence-corrected chi connectivity index (χ3v) is 6.46. The molecule has 1 aliphatic heterocycles. The van der Waals surface area contributed by atoms with E-state index in [0.29, 0.717) is 48.3 Å². The minimum absolute atomic E-state index is 0.0420. The number of carbonyl (C=O) groups excluding carboxylic acids is 1. The van der Waals surface area contributed by atoms with Gasteiger partial charge >= 0.3 is 12.1 Å². The zero-order valence-corrected chi connectivity index (χ0v) is 19.2. The number of halogens is 4. The molecule has 3 rings (SSSR count). The molecular formula is C23H19F4NO4S2. The van der Waals surface area contributed by atoms with Crippen molar-refractivity contribution in [3.63, 3.8) is 0 Å². The molecule has 0 radical (unpaired) electrons. The van der Waals surface area contributed by atoms with E-state index in [-0.39, 0.29) is 22.5 Å². The molecule has 2 N–H and O–H groups in total. The summed E-state index contributed by atoms with van der Waals surface area (Å²) in [4.78, 5) is 24.9. The van der Waals surface area contributed by atoms with E-state index in [0.717, 1.165) is 11.8 Å². The van der Waals surface area contributed by atoms with Crippen molar-refractivity contribution in [1.29, 1.82) is 0 Å². The summed E-state index contributed by atoms with van der Waals surface area (Å²) >= 11 is 6.25. The van der Waals surface area contributed by atoms with Gasteiger partial charge in [-0.05, 0) is 37.1 Å². The number of thioether (sulfide) groups is 1. The highest BCUT2D eigenvalue weighted by molar-refractivity contribution is 8.26. The van der Waals surface area contributed by atoms with Crippen LogP contribution in [0.3, 0.4) is 0 Å². The van der Waals surface area contributed by atoms with Crippen LogP contribution in [0.4, 0.5) is 17.6 Å². The second-order valence-electron chi connectivity index (χ2n) is 7.47. The predicted octanol–water partition coefficient (Wildman–Crippen LogP) is 6.06. The molecule has 1 fully saturated rings. The first-order chi connectivity index (χ1) is 16.0. The summed E-state index contributed by atoms with van der Waals surface area (Å²) < 4.78 is 53.8. The van der Waals surface area contributed by atoms with Crippen LogP contribution in [0.5, 0.6) is 5.75 Å². The van der Waals surface area contributed by atoms with Crippen LogP contribution in [0.15, 0.2) is 41.3 Å². The van der Waals surface area contributed by atoms with Crippen LogP contribution in [0, 0.1) is 5.82 Å². The van der Waals surface area contributed by atoms with Gasteiger partial charge < -0.3 is 10.2 Å². The largest absolute Gasteiger partial charge is 0.507 e. The average molecular weight is 514 g/mol. The van der Waals surface area contributed by atoms with Crippen molar-refractivity contribution in [3.8, 4) is 16.9 Å². The second kappa shape index (κ2) is 10.6. The summed E-state index contributed by atoms with van der Waals surface area (Å²) in [5.41, 5.74) is -1.50. The SMILES string of the molecule is O=C(O)CCCCCN1C(=O)/C(=C/c2cccc(-c3cc(C(F)(F)F)ccc3F)c2O)SC1=S. The van der Waals surface area contributed by atoms with E-state index in [1.165, 1.54) is 29.2 Å². The molecule has 0 aliphatic carbocycles. The number of rotatable bonds is 8. The van der Waals surface area contributed by atoms with Crippen LogP contribution in [0.25, 0.3) is 17.2 Å². The van der Waals surface area contributed by atoms with Crippen molar-refractivity contribution in [2.75, 3.05) is 6.54 Å². The highest BCUT2D eigenvalue weighted by Gasteiger charge is 2.33. The Labute approximate surface area is 202 Å². The molecule has 34 heavy (non-hydrogen) atoms. The Morgan fingerprint density at radius 1 is 1.12 bits per heavy atom. The molecule has 2 aromatic rings. The zero-order valence-electron chi connectivity index (χ0n) is 17.6. The first-order valence-corrected chi connectivity index (χ1v) is 11.4. The lowest BCUT2D eigenvalue weighted by Crippen LogP contribution is -2.29. The number of aliphatic carboxylic acids is 1. The van der Waals surface area contributed by atoms with Crippen molar-refractivity contribution >= 4 is 46.3 Å². The Morgan fingerprint density at radius 3 is 2.53 bits per heavy atom. The van der Waals surface area contributed by atoms with E-state index in [4.69, 9.17) is 17.3 Å². The predicted molar refractivity (Wildman–Crippen MR) is 124 cm³/mol. The molecule has 0 aromatic heterocycles. The summed E-state index contributed by atoms with van der Waals surface area (Å²) in [6.07, 6.45) is -1.64. The minimum Gasteiger partial charge on any atom is -0.507 e. The lowest BCUT2D eigenvalue weighted by Gasteiger charge is -2.14. The van der Waals surface area contributed by atoms with Crippen molar-refractivity contribution in [3.05, 3.63) is 58.2 Å². The van der Waals surface area contributed by atoms with Gasteiger partial charge in [-0.25, -0.2) is 4.39 Å². The lowest BCUT2D eigenvalue weighted by molar-refractivity contribution is -0.138. The van der Waals surface area contributed by atoms with E-state index in [1.807, 2.05) is 0 Å². The standard InChI is InChI=1S/C23H19F4NO4S2/c24-17-9-8-14(23(25,26)27)12-16(17)15-6-4-5-13(20(15)31)11-18-21(32)28(22(33)34-18)10-3-1-2-7-19(29)30/h4-6,8-9,11-12,31H,1-3,7,10H2,(H,29,30)/b18-11-. The number of phenolic OH excluding ortho intramolecular Hbond substituents is 1. The monoisotopic (exact) mass is 513 g/mol. The van der Waals surface area contributed by atoms with E-state index in [2.05, 4.69) is 0 Å². The number of carboxylic acids is 1. The van der Waals surface area contributed by atoms with Crippen LogP contribution in [-0.2, 0) is 15.8 Å². The molecule has 0 spiro atoms. The molecule has 0 atom stereocenters. The quantitative estimate of drug-likeness (QED) is 0.193. The molecule has 1 aliphatic rings. The van der Waals surface area contributed by atoms with Gasteiger partial charge in [0.05, 0.1) is 10.5 Å². The Morgan fingerprint density at radius 2 is 1.85 bits per heavy atom. The lowest BCUT2D eigenvalue weighted by atomic mass is 9.98. The third kappa shape index (κ3) is 5.95. The topological polar surface area (TPSA) is 77.8 Å². The smallest absolute Gasteiger partial charge is 0.416 e. The first kappa shape index (κ1) is 25.7. The van der Waals surface area contributed by atoms with Gasteiger partial charge in [-0.3, -0.25) is 14.5 Å². The molecule has 5 nitrogen and oxygen atoms in total. The maximum Gasteiger partial charge on any atom is 0.416 e. The van der Waals surface area contributed by atoms with Crippen LogP contribution in [0.1, 0.15) is 36.8 Å². The van der Waals surface area contributed by atoms with Crippen molar-refractivity contribution in [1.82, 2.24) is 4.90 Å². The Hall–Kier alpha value is -2.92. The summed E-state index contributed by atoms with van der Waals surface area (Å²) in [6, 6.07) is 6.09. The molecule has 1 heterocycles. The van der Waals surface area contributed by atoms with Crippen LogP contribution >= 0.6 is 24.0 Å². The number of hydrogen-bond donors (Lipinski definition) is 2. The number of carbonyl (C=O) groups is 2. The minimum atomic E-state index is -4.68. The molecule has 180 valence electrons. The molecule has 1 amide bonds. The fourth-order valence-electron chi connectivity index (χ4n) is 3.36. The number of thiocarbonyl (C=S) groups is 1. The van der Waals surface area contributed by atoms with Gasteiger partial charge in [0.1, 0.15) is 15.9 Å². The van der Waals surface area contributed by atoms with E-state index < -0.39 is 40.7 Å². The number of aromatic hydroxyl groups is 1. The van der Waals surface area contributed by atoms with Crippen molar-refractivity contribution < 1.29 is 37.4 Å². The Bertz CT molecular complexity index is 1160. The average Bonchev–Trinajstić information content (AvgIpc) is 3.01. The fraction of sp³-hybridized carbons (Fsp3) is 0.261. The fourth-order valence-corrected chi connectivity index (χ4v) is 4.66. The number of phenols is 1. The second-order valence-corrected chi connectivity index (χ2v) is 9.15. The van der Waals surface area contributed by atoms with Gasteiger partial charge in [0.25, 0.3) is 5.91 Å². The number of benzene rings is 2. The molecule has 0 saturated carbocycles. The maximum absolute atomic E-state index is 14.3. The number of nitrogens with zero attached hydrogens (tertiary/aromatic N) is 1. The normalized spacial score (nSPS) is 15.4. The molecule has 0 bridgehead atoms. The summed E-state index contributed by atoms with van der Waals surface area (Å²) in [5, 5.41) is 19.4. The third-order valence-electron chi connectivity index (χ3n) is 5.08. The number of para-hydroxylation sites is 1. The van der Waals surface area contributed by atoms with E-state index in [1.54, 1.807) is 0 Å².